The van der Waals surface area contributed by atoms with Crippen molar-refractivity contribution in [2.45, 2.75) is 70.7 Å². The van der Waals surface area contributed by atoms with Gasteiger partial charge in [-0.2, -0.15) is 0 Å². The summed E-state index contributed by atoms with van der Waals surface area (Å²) in [7, 11) is 0. The number of hydrogen-bond acceptors (Lipinski definition) is 3. The molecule has 3 atom stereocenters. The molecule has 1 amide bonds. The minimum absolute atomic E-state index is 0.00720. The molecule has 0 aromatic heterocycles. The van der Waals surface area contributed by atoms with Gasteiger partial charge in [-0.05, 0) is 33.6 Å². The monoisotopic (exact) mass is 228 g/mol. The first-order chi connectivity index (χ1) is 7.50. The lowest BCUT2D eigenvalue weighted by atomic mass is 9.92. The zero-order valence-electron chi connectivity index (χ0n) is 10.5. The SMILES string of the molecule is CC(C)NC(=O)C(C)N[C@@H]1CCCC[C@H]1O. The summed E-state index contributed by atoms with van der Waals surface area (Å²) in [4.78, 5) is 11.7. The van der Waals surface area contributed by atoms with Crippen LogP contribution in [0.5, 0.6) is 0 Å². The van der Waals surface area contributed by atoms with Crippen LogP contribution in [0.2, 0.25) is 0 Å². The van der Waals surface area contributed by atoms with Crippen LogP contribution in [0.4, 0.5) is 0 Å². The molecule has 94 valence electrons. The maximum atomic E-state index is 11.7. The van der Waals surface area contributed by atoms with Crippen molar-refractivity contribution in [3.8, 4) is 0 Å². The number of aliphatic hydroxyl groups is 1. The van der Waals surface area contributed by atoms with Gasteiger partial charge in [0.1, 0.15) is 0 Å². The van der Waals surface area contributed by atoms with E-state index in [1.165, 1.54) is 0 Å². The summed E-state index contributed by atoms with van der Waals surface area (Å²) in [5.41, 5.74) is 0. The van der Waals surface area contributed by atoms with Crippen LogP contribution in [-0.2, 0) is 4.79 Å². The van der Waals surface area contributed by atoms with E-state index in [0.29, 0.717) is 0 Å². The van der Waals surface area contributed by atoms with E-state index in [1.54, 1.807) is 0 Å². The fourth-order valence-corrected chi connectivity index (χ4v) is 2.11. The van der Waals surface area contributed by atoms with Gasteiger partial charge in [-0.25, -0.2) is 0 Å². The molecule has 1 fully saturated rings. The lowest BCUT2D eigenvalue weighted by molar-refractivity contribution is -0.123. The van der Waals surface area contributed by atoms with Crippen LogP contribution >= 0.6 is 0 Å². The van der Waals surface area contributed by atoms with Crippen molar-refractivity contribution in [1.29, 1.82) is 0 Å². The first-order valence-electron chi connectivity index (χ1n) is 6.25. The molecule has 4 heteroatoms. The first-order valence-corrected chi connectivity index (χ1v) is 6.25. The van der Waals surface area contributed by atoms with Crippen molar-refractivity contribution in [1.82, 2.24) is 10.6 Å². The fourth-order valence-electron chi connectivity index (χ4n) is 2.11. The number of hydrogen-bond donors (Lipinski definition) is 3. The third-order valence-electron chi connectivity index (χ3n) is 3.02. The van der Waals surface area contributed by atoms with E-state index < -0.39 is 0 Å². The Labute approximate surface area is 97.8 Å². The Morgan fingerprint density at radius 3 is 2.44 bits per heavy atom. The highest BCUT2D eigenvalue weighted by molar-refractivity contribution is 5.81. The van der Waals surface area contributed by atoms with E-state index in [0.717, 1.165) is 25.7 Å². The van der Waals surface area contributed by atoms with Gasteiger partial charge in [-0.15, -0.1) is 0 Å². The molecule has 3 N–H and O–H groups in total. The third kappa shape index (κ3) is 4.10. The van der Waals surface area contributed by atoms with Crippen molar-refractivity contribution in [2.75, 3.05) is 0 Å². The van der Waals surface area contributed by atoms with Crippen LogP contribution in [0, 0.1) is 0 Å². The number of amides is 1. The Balaban J connectivity index is 2.37. The maximum Gasteiger partial charge on any atom is 0.237 e. The molecule has 0 bridgehead atoms. The van der Waals surface area contributed by atoms with E-state index in [2.05, 4.69) is 10.6 Å². The molecule has 1 rings (SSSR count). The fraction of sp³-hybridized carbons (Fsp3) is 0.917. The summed E-state index contributed by atoms with van der Waals surface area (Å²) < 4.78 is 0. The first kappa shape index (κ1) is 13.5. The third-order valence-corrected chi connectivity index (χ3v) is 3.02. The lowest BCUT2D eigenvalue weighted by Crippen LogP contribution is -2.52. The lowest BCUT2D eigenvalue weighted by Gasteiger charge is -2.30. The van der Waals surface area contributed by atoms with Gasteiger partial charge >= 0.3 is 0 Å². The van der Waals surface area contributed by atoms with E-state index in [1.807, 2.05) is 20.8 Å². The van der Waals surface area contributed by atoms with E-state index >= 15 is 0 Å². The van der Waals surface area contributed by atoms with Gasteiger partial charge in [0.25, 0.3) is 0 Å². The molecule has 0 aromatic carbocycles. The molecule has 1 unspecified atom stereocenters. The molecular formula is C12H24N2O2. The van der Waals surface area contributed by atoms with Crippen molar-refractivity contribution in [3.05, 3.63) is 0 Å². The zero-order valence-corrected chi connectivity index (χ0v) is 10.5. The van der Waals surface area contributed by atoms with Crippen LogP contribution in [0.1, 0.15) is 46.5 Å². The molecule has 0 aliphatic heterocycles. The molecule has 1 aliphatic rings. The van der Waals surface area contributed by atoms with Crippen LogP contribution in [0.25, 0.3) is 0 Å². The second-order valence-corrected chi connectivity index (χ2v) is 5.01. The summed E-state index contributed by atoms with van der Waals surface area (Å²) in [6.45, 7) is 5.74. The van der Waals surface area contributed by atoms with Gasteiger partial charge in [0.15, 0.2) is 0 Å². The summed E-state index contributed by atoms with van der Waals surface area (Å²) in [5.74, 6) is 0.00720. The van der Waals surface area contributed by atoms with E-state index in [9.17, 15) is 9.90 Å². The van der Waals surface area contributed by atoms with Gasteiger partial charge in [0.05, 0.1) is 12.1 Å². The maximum absolute atomic E-state index is 11.7. The number of carbonyl (C=O) groups excluding carboxylic acids is 1. The summed E-state index contributed by atoms with van der Waals surface area (Å²) in [6, 6.07) is -0.00478. The molecule has 1 saturated carbocycles. The van der Waals surface area contributed by atoms with Gasteiger partial charge < -0.3 is 15.7 Å². The molecule has 0 radical (unpaired) electrons. The second-order valence-electron chi connectivity index (χ2n) is 5.01. The smallest absolute Gasteiger partial charge is 0.237 e. The molecular weight excluding hydrogens is 204 g/mol. The predicted octanol–water partition coefficient (Wildman–Crippen LogP) is 0.793. The highest BCUT2D eigenvalue weighted by Gasteiger charge is 2.26. The normalized spacial score (nSPS) is 27.8. The summed E-state index contributed by atoms with van der Waals surface area (Å²) in [6.07, 6.45) is 3.72. The predicted molar refractivity (Wildman–Crippen MR) is 64.1 cm³/mol. The topological polar surface area (TPSA) is 61.4 Å². The Hall–Kier alpha value is -0.610. The summed E-state index contributed by atoms with van der Waals surface area (Å²) >= 11 is 0. The van der Waals surface area contributed by atoms with Crippen LogP contribution in [0.15, 0.2) is 0 Å². The average Bonchev–Trinajstić information content (AvgIpc) is 2.20. The van der Waals surface area contributed by atoms with Crippen molar-refractivity contribution in [2.24, 2.45) is 0 Å². The van der Waals surface area contributed by atoms with Crippen LogP contribution in [-0.4, -0.2) is 35.2 Å². The Morgan fingerprint density at radius 2 is 1.88 bits per heavy atom. The number of aliphatic hydroxyl groups excluding tert-OH is 1. The Kier molecular flexibility index (Phi) is 5.22. The largest absolute Gasteiger partial charge is 0.392 e. The summed E-state index contributed by atoms with van der Waals surface area (Å²) in [5, 5.41) is 15.9. The zero-order chi connectivity index (χ0) is 12.1. The van der Waals surface area contributed by atoms with Gasteiger partial charge in [0, 0.05) is 12.1 Å². The molecule has 0 saturated heterocycles. The van der Waals surface area contributed by atoms with Crippen molar-refractivity contribution < 1.29 is 9.90 Å². The standard InChI is InChI=1S/C12H24N2O2/c1-8(2)13-12(16)9(3)14-10-6-4-5-7-11(10)15/h8-11,14-15H,4-7H2,1-3H3,(H,13,16)/t9?,10-,11-/m1/s1. The molecule has 16 heavy (non-hydrogen) atoms. The number of carbonyl (C=O) groups is 1. The van der Waals surface area contributed by atoms with Crippen LogP contribution in [0.3, 0.4) is 0 Å². The van der Waals surface area contributed by atoms with Crippen LogP contribution < -0.4 is 10.6 Å². The molecule has 0 heterocycles. The highest BCUT2D eigenvalue weighted by Crippen LogP contribution is 2.18. The minimum atomic E-state index is -0.303. The quantitative estimate of drug-likeness (QED) is 0.667. The molecule has 4 nitrogen and oxygen atoms in total. The van der Waals surface area contributed by atoms with Crippen molar-refractivity contribution in [3.63, 3.8) is 0 Å². The van der Waals surface area contributed by atoms with Gasteiger partial charge in [0.2, 0.25) is 5.91 Å². The van der Waals surface area contributed by atoms with Crippen molar-refractivity contribution >= 4 is 5.91 Å². The molecule has 0 spiro atoms. The number of nitrogens with one attached hydrogen (secondary N) is 2. The minimum Gasteiger partial charge on any atom is -0.392 e. The highest BCUT2D eigenvalue weighted by atomic mass is 16.3. The Bertz CT molecular complexity index is 231. The molecule has 0 aromatic rings. The van der Waals surface area contributed by atoms with E-state index in [-0.39, 0.29) is 30.1 Å². The van der Waals surface area contributed by atoms with Gasteiger partial charge in [-0.3, -0.25) is 4.79 Å². The average molecular weight is 228 g/mol. The number of rotatable bonds is 4. The van der Waals surface area contributed by atoms with E-state index in [4.69, 9.17) is 0 Å². The molecule has 1 aliphatic carbocycles. The Morgan fingerprint density at radius 1 is 1.25 bits per heavy atom. The van der Waals surface area contributed by atoms with Gasteiger partial charge in [-0.1, -0.05) is 12.8 Å². The second kappa shape index (κ2) is 6.21.